The van der Waals surface area contributed by atoms with Crippen molar-refractivity contribution in [1.82, 2.24) is 10.2 Å². The summed E-state index contributed by atoms with van der Waals surface area (Å²) in [6, 6.07) is 9.24. The lowest BCUT2D eigenvalue weighted by atomic mass is 10.1. The topological polar surface area (TPSA) is 64.1 Å². The second-order valence-corrected chi connectivity index (χ2v) is 4.57. The molecule has 0 saturated carbocycles. The molecule has 2 aromatic rings. The molecule has 0 bridgehead atoms. The number of methoxy groups -OCH3 is 1. The van der Waals surface area contributed by atoms with E-state index in [-0.39, 0.29) is 12.3 Å². The highest BCUT2D eigenvalue weighted by molar-refractivity contribution is 5.91. The third-order valence-corrected chi connectivity index (χ3v) is 3.00. The van der Waals surface area contributed by atoms with Crippen LogP contribution in [0.5, 0.6) is 5.75 Å². The molecule has 0 spiro atoms. The maximum Gasteiger partial charge on any atom is 0.229 e. The molecular formula is C15H17N3O2. The molecular weight excluding hydrogens is 254 g/mol. The average Bonchev–Trinajstić information content (AvgIpc) is 2.43. The lowest BCUT2D eigenvalue weighted by molar-refractivity contribution is -0.115. The van der Waals surface area contributed by atoms with Crippen molar-refractivity contribution in [3.63, 3.8) is 0 Å². The largest absolute Gasteiger partial charge is 0.497 e. The molecule has 0 saturated heterocycles. The number of carbonyl (C=O) groups is 1. The first-order valence-electron chi connectivity index (χ1n) is 6.32. The van der Waals surface area contributed by atoms with E-state index in [0.29, 0.717) is 5.82 Å². The van der Waals surface area contributed by atoms with Gasteiger partial charge in [0.2, 0.25) is 5.91 Å². The summed E-state index contributed by atoms with van der Waals surface area (Å²) in [6.45, 7) is 3.81. The monoisotopic (exact) mass is 271 g/mol. The third-order valence-electron chi connectivity index (χ3n) is 3.00. The Bertz CT molecular complexity index is 626. The maximum atomic E-state index is 12.0. The van der Waals surface area contributed by atoms with Crippen molar-refractivity contribution in [3.05, 3.63) is 47.2 Å². The molecule has 0 aliphatic carbocycles. The van der Waals surface area contributed by atoms with Gasteiger partial charge in [0.1, 0.15) is 5.75 Å². The molecule has 0 unspecified atom stereocenters. The van der Waals surface area contributed by atoms with Crippen molar-refractivity contribution in [2.24, 2.45) is 0 Å². The van der Waals surface area contributed by atoms with Crippen molar-refractivity contribution in [3.8, 4) is 5.75 Å². The summed E-state index contributed by atoms with van der Waals surface area (Å²) in [6.07, 6.45) is 0.270. The third kappa shape index (κ3) is 3.54. The summed E-state index contributed by atoms with van der Waals surface area (Å²) in [5.74, 6) is 1.08. The van der Waals surface area contributed by atoms with E-state index in [4.69, 9.17) is 4.74 Å². The van der Waals surface area contributed by atoms with Crippen LogP contribution in [-0.2, 0) is 11.2 Å². The Morgan fingerprint density at radius 1 is 1.25 bits per heavy atom. The fourth-order valence-corrected chi connectivity index (χ4v) is 1.76. The van der Waals surface area contributed by atoms with Gasteiger partial charge in [-0.1, -0.05) is 12.1 Å². The molecule has 0 radical (unpaired) electrons. The Morgan fingerprint density at radius 3 is 2.75 bits per heavy atom. The van der Waals surface area contributed by atoms with Gasteiger partial charge in [-0.2, -0.15) is 5.10 Å². The average molecular weight is 271 g/mol. The predicted octanol–water partition coefficient (Wildman–Crippen LogP) is 2.28. The highest BCUT2D eigenvalue weighted by Crippen LogP contribution is 2.14. The van der Waals surface area contributed by atoms with E-state index >= 15 is 0 Å². The predicted molar refractivity (Wildman–Crippen MR) is 76.8 cm³/mol. The fraction of sp³-hybridized carbons (Fsp3) is 0.267. The maximum absolute atomic E-state index is 12.0. The van der Waals surface area contributed by atoms with Crippen LogP contribution in [0.4, 0.5) is 5.82 Å². The molecule has 5 heteroatoms. The van der Waals surface area contributed by atoms with Crippen LogP contribution in [-0.4, -0.2) is 23.2 Å². The molecule has 1 amide bonds. The van der Waals surface area contributed by atoms with Crippen LogP contribution in [0.25, 0.3) is 0 Å². The summed E-state index contributed by atoms with van der Waals surface area (Å²) >= 11 is 0. The van der Waals surface area contributed by atoms with Crippen LogP contribution in [0.3, 0.4) is 0 Å². The minimum Gasteiger partial charge on any atom is -0.497 e. The van der Waals surface area contributed by atoms with Crippen molar-refractivity contribution in [2.45, 2.75) is 20.3 Å². The Balaban J connectivity index is 2.03. The SMILES string of the molecule is COc1cccc(CC(=O)Nc2cc(C)c(C)nn2)c1. The summed E-state index contributed by atoms with van der Waals surface area (Å²) in [5, 5.41) is 10.7. The second kappa shape index (κ2) is 6.14. The number of anilines is 1. The summed E-state index contributed by atoms with van der Waals surface area (Å²) < 4.78 is 5.13. The lowest BCUT2D eigenvalue weighted by Crippen LogP contribution is -2.16. The Labute approximate surface area is 118 Å². The van der Waals surface area contributed by atoms with Crippen molar-refractivity contribution in [1.29, 1.82) is 0 Å². The summed E-state index contributed by atoms with van der Waals surface area (Å²) in [4.78, 5) is 12.0. The molecule has 20 heavy (non-hydrogen) atoms. The molecule has 0 fully saturated rings. The number of nitrogens with zero attached hydrogens (tertiary/aromatic N) is 2. The van der Waals surface area contributed by atoms with Gasteiger partial charge >= 0.3 is 0 Å². The van der Waals surface area contributed by atoms with E-state index in [1.54, 1.807) is 7.11 Å². The quantitative estimate of drug-likeness (QED) is 0.926. The normalized spacial score (nSPS) is 10.2. The van der Waals surface area contributed by atoms with Crippen LogP contribution in [0.2, 0.25) is 0 Å². The van der Waals surface area contributed by atoms with Crippen LogP contribution in [0, 0.1) is 13.8 Å². The number of hydrogen-bond acceptors (Lipinski definition) is 4. The fourth-order valence-electron chi connectivity index (χ4n) is 1.76. The number of carbonyl (C=O) groups excluding carboxylic acids is 1. The summed E-state index contributed by atoms with van der Waals surface area (Å²) in [5.41, 5.74) is 2.74. The Kier molecular flexibility index (Phi) is 4.30. The van der Waals surface area contributed by atoms with E-state index in [0.717, 1.165) is 22.6 Å². The highest BCUT2D eigenvalue weighted by atomic mass is 16.5. The number of benzene rings is 1. The first kappa shape index (κ1) is 14.0. The minimum atomic E-state index is -0.129. The van der Waals surface area contributed by atoms with Gasteiger partial charge in [-0.3, -0.25) is 4.79 Å². The molecule has 104 valence electrons. The molecule has 0 aliphatic rings. The number of hydrogen-bond donors (Lipinski definition) is 1. The molecule has 1 aromatic carbocycles. The van der Waals surface area contributed by atoms with Gasteiger partial charge in [-0.05, 0) is 43.2 Å². The number of aromatic nitrogens is 2. The van der Waals surface area contributed by atoms with Crippen LogP contribution in [0.1, 0.15) is 16.8 Å². The van der Waals surface area contributed by atoms with E-state index in [9.17, 15) is 4.79 Å². The molecule has 0 atom stereocenters. The van der Waals surface area contributed by atoms with Crippen molar-refractivity contribution in [2.75, 3.05) is 12.4 Å². The zero-order chi connectivity index (χ0) is 14.5. The minimum absolute atomic E-state index is 0.129. The second-order valence-electron chi connectivity index (χ2n) is 4.57. The first-order chi connectivity index (χ1) is 9.58. The van der Waals surface area contributed by atoms with Crippen LogP contribution < -0.4 is 10.1 Å². The number of aryl methyl sites for hydroxylation is 2. The molecule has 1 aromatic heterocycles. The Hall–Kier alpha value is -2.43. The number of amides is 1. The zero-order valence-electron chi connectivity index (χ0n) is 11.8. The number of ether oxygens (including phenoxy) is 1. The summed E-state index contributed by atoms with van der Waals surface area (Å²) in [7, 11) is 1.60. The zero-order valence-corrected chi connectivity index (χ0v) is 11.8. The molecule has 0 aliphatic heterocycles. The smallest absolute Gasteiger partial charge is 0.229 e. The van der Waals surface area contributed by atoms with E-state index in [1.165, 1.54) is 0 Å². The van der Waals surface area contributed by atoms with Gasteiger partial charge in [0.25, 0.3) is 0 Å². The number of rotatable bonds is 4. The van der Waals surface area contributed by atoms with Gasteiger partial charge in [0, 0.05) is 0 Å². The van der Waals surface area contributed by atoms with Gasteiger partial charge in [0.05, 0.1) is 19.2 Å². The van der Waals surface area contributed by atoms with Crippen LogP contribution in [0.15, 0.2) is 30.3 Å². The molecule has 1 N–H and O–H groups in total. The van der Waals surface area contributed by atoms with Crippen LogP contribution >= 0.6 is 0 Å². The lowest BCUT2D eigenvalue weighted by Gasteiger charge is -2.07. The van der Waals surface area contributed by atoms with E-state index < -0.39 is 0 Å². The van der Waals surface area contributed by atoms with Gasteiger partial charge in [0.15, 0.2) is 5.82 Å². The van der Waals surface area contributed by atoms with E-state index in [2.05, 4.69) is 15.5 Å². The molecule has 1 heterocycles. The first-order valence-corrected chi connectivity index (χ1v) is 6.32. The van der Waals surface area contributed by atoms with Gasteiger partial charge in [-0.25, -0.2) is 0 Å². The van der Waals surface area contributed by atoms with Gasteiger partial charge < -0.3 is 10.1 Å². The molecule has 2 rings (SSSR count). The molecule has 5 nitrogen and oxygen atoms in total. The van der Waals surface area contributed by atoms with Crippen molar-refractivity contribution >= 4 is 11.7 Å². The standard InChI is InChI=1S/C15H17N3O2/c1-10-7-14(18-17-11(10)2)16-15(19)9-12-5-4-6-13(8-12)20-3/h4-8H,9H2,1-3H3,(H,16,18,19). The van der Waals surface area contributed by atoms with E-state index in [1.807, 2.05) is 44.2 Å². The number of nitrogens with one attached hydrogen (secondary N) is 1. The highest BCUT2D eigenvalue weighted by Gasteiger charge is 2.07. The van der Waals surface area contributed by atoms with Gasteiger partial charge in [-0.15, -0.1) is 5.10 Å². The van der Waals surface area contributed by atoms with Crippen molar-refractivity contribution < 1.29 is 9.53 Å². The Morgan fingerprint density at radius 2 is 2.05 bits per heavy atom.